The molecule has 0 N–H and O–H groups in total. The Labute approximate surface area is 150 Å². The van der Waals surface area contributed by atoms with Crippen LogP contribution in [0.15, 0.2) is 46.3 Å². The third-order valence-corrected chi connectivity index (χ3v) is 4.57. The maximum atomic E-state index is 14.2. The van der Waals surface area contributed by atoms with Gasteiger partial charge in [-0.3, -0.25) is 9.36 Å². The lowest BCUT2D eigenvalue weighted by molar-refractivity contribution is 0.572. The standard InChI is InChI=1S/C17H10ClF2N3OS/c18-10-2-4-14-12(8-10)16(24)23(17(22-14)25-7-1-6-21)15-5-3-11(19)9-13(15)20/h2-5,8-9H,1,7H2. The quantitative estimate of drug-likeness (QED) is 0.386. The second-order valence-corrected chi connectivity index (χ2v) is 6.55. The number of hydrogen-bond acceptors (Lipinski definition) is 4. The Balaban J connectivity index is 2.29. The topological polar surface area (TPSA) is 58.7 Å². The molecule has 1 heterocycles. The molecule has 8 heteroatoms. The fourth-order valence-electron chi connectivity index (χ4n) is 2.30. The van der Waals surface area contributed by atoms with Gasteiger partial charge < -0.3 is 0 Å². The molecule has 0 amide bonds. The molecule has 25 heavy (non-hydrogen) atoms. The van der Waals surface area contributed by atoms with Crippen LogP contribution in [0.4, 0.5) is 8.78 Å². The molecule has 1 aromatic heterocycles. The van der Waals surface area contributed by atoms with Gasteiger partial charge in [-0.1, -0.05) is 23.4 Å². The predicted octanol–water partition coefficient (Wildman–Crippen LogP) is 4.32. The summed E-state index contributed by atoms with van der Waals surface area (Å²) < 4.78 is 28.5. The van der Waals surface area contributed by atoms with E-state index in [1.165, 1.54) is 12.1 Å². The van der Waals surface area contributed by atoms with Crippen LogP contribution in [0.3, 0.4) is 0 Å². The first-order valence-corrected chi connectivity index (χ1v) is 8.55. The van der Waals surface area contributed by atoms with Gasteiger partial charge in [-0.05, 0) is 30.3 Å². The molecule has 0 spiro atoms. The maximum Gasteiger partial charge on any atom is 0.266 e. The number of benzene rings is 2. The van der Waals surface area contributed by atoms with Gasteiger partial charge >= 0.3 is 0 Å². The summed E-state index contributed by atoms with van der Waals surface area (Å²) >= 11 is 7.09. The Kier molecular flexibility index (Phi) is 5.02. The average molecular weight is 378 g/mol. The summed E-state index contributed by atoms with van der Waals surface area (Å²) in [5.41, 5.74) is -0.217. The van der Waals surface area contributed by atoms with Gasteiger partial charge in [-0.25, -0.2) is 13.8 Å². The third-order valence-electron chi connectivity index (χ3n) is 3.40. The van der Waals surface area contributed by atoms with Crippen molar-refractivity contribution < 1.29 is 8.78 Å². The van der Waals surface area contributed by atoms with Gasteiger partial charge in [-0.15, -0.1) is 0 Å². The van der Waals surface area contributed by atoms with E-state index in [0.29, 0.717) is 22.4 Å². The van der Waals surface area contributed by atoms with E-state index in [9.17, 15) is 13.6 Å². The number of rotatable bonds is 4. The molecular formula is C17H10ClF2N3OS. The first kappa shape index (κ1) is 17.4. The van der Waals surface area contributed by atoms with Crippen LogP contribution in [0.1, 0.15) is 6.42 Å². The normalized spacial score (nSPS) is 10.8. The van der Waals surface area contributed by atoms with E-state index in [2.05, 4.69) is 4.98 Å². The number of halogens is 3. The first-order valence-electron chi connectivity index (χ1n) is 7.19. The van der Waals surface area contributed by atoms with Crippen LogP contribution in [-0.4, -0.2) is 15.3 Å². The van der Waals surface area contributed by atoms with Crippen molar-refractivity contribution in [3.63, 3.8) is 0 Å². The van der Waals surface area contributed by atoms with Gasteiger partial charge in [-0.2, -0.15) is 5.26 Å². The summed E-state index contributed by atoms with van der Waals surface area (Å²) in [5, 5.41) is 9.49. The summed E-state index contributed by atoms with van der Waals surface area (Å²) in [6.45, 7) is 0. The fourth-order valence-corrected chi connectivity index (χ4v) is 3.32. The van der Waals surface area contributed by atoms with E-state index in [0.717, 1.165) is 22.4 Å². The monoisotopic (exact) mass is 377 g/mol. The minimum Gasteiger partial charge on any atom is -0.268 e. The molecule has 0 aliphatic heterocycles. The second kappa shape index (κ2) is 7.21. The average Bonchev–Trinajstić information content (AvgIpc) is 2.57. The SMILES string of the molecule is N#CCCSc1nc2ccc(Cl)cc2c(=O)n1-c1ccc(F)cc1F. The molecule has 0 atom stereocenters. The summed E-state index contributed by atoms with van der Waals surface area (Å²) in [4.78, 5) is 17.3. The Hall–Kier alpha value is -2.43. The van der Waals surface area contributed by atoms with Gasteiger partial charge in [0.25, 0.3) is 5.56 Å². The molecule has 3 rings (SSSR count). The molecule has 0 radical (unpaired) electrons. The lowest BCUT2D eigenvalue weighted by Crippen LogP contribution is -2.23. The Bertz CT molecular complexity index is 1060. The number of aromatic nitrogens is 2. The van der Waals surface area contributed by atoms with Crippen LogP contribution in [0.2, 0.25) is 5.02 Å². The first-order chi connectivity index (χ1) is 12.0. The highest BCUT2D eigenvalue weighted by molar-refractivity contribution is 7.99. The Morgan fingerprint density at radius 1 is 1.24 bits per heavy atom. The summed E-state index contributed by atoms with van der Waals surface area (Å²) in [5.74, 6) is -1.25. The van der Waals surface area contributed by atoms with Crippen molar-refractivity contribution in [2.24, 2.45) is 0 Å². The van der Waals surface area contributed by atoms with Crippen LogP contribution in [0, 0.1) is 23.0 Å². The van der Waals surface area contributed by atoms with Crippen LogP contribution in [-0.2, 0) is 0 Å². The molecule has 0 bridgehead atoms. The van der Waals surface area contributed by atoms with Gasteiger partial charge in [0.15, 0.2) is 5.16 Å². The van der Waals surface area contributed by atoms with Crippen molar-refractivity contribution in [1.29, 1.82) is 5.26 Å². The van der Waals surface area contributed by atoms with E-state index in [1.54, 1.807) is 12.1 Å². The predicted molar refractivity (Wildman–Crippen MR) is 93.2 cm³/mol. The zero-order valence-corrected chi connectivity index (χ0v) is 14.2. The molecule has 4 nitrogen and oxygen atoms in total. The molecule has 0 saturated heterocycles. The van der Waals surface area contributed by atoms with Gasteiger partial charge in [0, 0.05) is 23.3 Å². The number of nitrogens with zero attached hydrogens (tertiary/aromatic N) is 3. The third kappa shape index (κ3) is 3.50. The Morgan fingerprint density at radius 2 is 2.04 bits per heavy atom. The van der Waals surface area contributed by atoms with Crippen molar-refractivity contribution in [3.05, 3.63) is 63.4 Å². The molecule has 2 aromatic carbocycles. The Morgan fingerprint density at radius 3 is 2.76 bits per heavy atom. The van der Waals surface area contributed by atoms with Crippen molar-refractivity contribution in [1.82, 2.24) is 9.55 Å². The highest BCUT2D eigenvalue weighted by Crippen LogP contribution is 2.24. The summed E-state index contributed by atoms with van der Waals surface area (Å²) in [7, 11) is 0. The summed E-state index contributed by atoms with van der Waals surface area (Å²) in [6, 6.07) is 9.59. The molecule has 0 saturated carbocycles. The minimum atomic E-state index is -0.882. The largest absolute Gasteiger partial charge is 0.268 e. The zero-order valence-electron chi connectivity index (χ0n) is 12.7. The molecular weight excluding hydrogens is 368 g/mol. The van der Waals surface area contributed by atoms with E-state index < -0.39 is 17.2 Å². The van der Waals surface area contributed by atoms with Crippen molar-refractivity contribution >= 4 is 34.3 Å². The van der Waals surface area contributed by atoms with Gasteiger partial charge in [0.05, 0.1) is 22.7 Å². The highest BCUT2D eigenvalue weighted by Gasteiger charge is 2.17. The lowest BCUT2D eigenvalue weighted by Gasteiger charge is -2.13. The maximum absolute atomic E-state index is 14.2. The molecule has 3 aromatic rings. The smallest absolute Gasteiger partial charge is 0.266 e. The molecule has 0 unspecified atom stereocenters. The van der Waals surface area contributed by atoms with Crippen LogP contribution in [0.25, 0.3) is 16.6 Å². The van der Waals surface area contributed by atoms with E-state index in [4.69, 9.17) is 16.9 Å². The van der Waals surface area contributed by atoms with E-state index in [1.807, 2.05) is 6.07 Å². The number of hydrogen-bond donors (Lipinski definition) is 0. The lowest BCUT2D eigenvalue weighted by atomic mass is 10.2. The van der Waals surface area contributed by atoms with Gasteiger partial charge in [0.2, 0.25) is 0 Å². The second-order valence-electron chi connectivity index (χ2n) is 5.05. The van der Waals surface area contributed by atoms with E-state index in [-0.39, 0.29) is 22.7 Å². The van der Waals surface area contributed by atoms with Crippen LogP contribution >= 0.6 is 23.4 Å². The molecule has 0 fully saturated rings. The fraction of sp³-hybridized carbons (Fsp3) is 0.118. The van der Waals surface area contributed by atoms with Crippen LogP contribution < -0.4 is 5.56 Å². The molecule has 0 aliphatic carbocycles. The minimum absolute atomic E-state index is 0.111. The summed E-state index contributed by atoms with van der Waals surface area (Å²) in [6.07, 6.45) is 0.241. The van der Waals surface area contributed by atoms with Crippen molar-refractivity contribution in [2.75, 3.05) is 5.75 Å². The highest BCUT2D eigenvalue weighted by atomic mass is 35.5. The number of fused-ring (bicyclic) bond motifs is 1. The zero-order chi connectivity index (χ0) is 18.0. The number of thioether (sulfide) groups is 1. The van der Waals surface area contributed by atoms with Crippen molar-refractivity contribution in [2.45, 2.75) is 11.6 Å². The molecule has 126 valence electrons. The number of nitriles is 1. The van der Waals surface area contributed by atoms with E-state index >= 15 is 0 Å². The van der Waals surface area contributed by atoms with Crippen molar-refractivity contribution in [3.8, 4) is 11.8 Å². The van der Waals surface area contributed by atoms with Crippen LogP contribution in [0.5, 0.6) is 0 Å². The van der Waals surface area contributed by atoms with Gasteiger partial charge in [0.1, 0.15) is 11.6 Å². The molecule has 0 aliphatic rings.